The highest BCUT2D eigenvalue weighted by Crippen LogP contribution is 2.32. The summed E-state index contributed by atoms with van der Waals surface area (Å²) in [6, 6.07) is 10.8. The number of hydrogen-bond donors (Lipinski definition) is 2. The molecule has 20 heavy (non-hydrogen) atoms. The molecule has 1 aromatic heterocycles. The van der Waals surface area contributed by atoms with E-state index in [0.717, 1.165) is 24.9 Å². The van der Waals surface area contributed by atoms with E-state index in [0.29, 0.717) is 12.6 Å². The summed E-state index contributed by atoms with van der Waals surface area (Å²) in [5.41, 5.74) is 2.38. The number of H-pyrrole nitrogens is 1. The molecule has 1 saturated heterocycles. The summed E-state index contributed by atoms with van der Waals surface area (Å²) >= 11 is 0. The quantitative estimate of drug-likeness (QED) is 0.898. The number of piperidine rings is 1. The Kier molecular flexibility index (Phi) is 3.74. The molecule has 4 nitrogen and oxygen atoms in total. The number of carbonyl (C=O) groups is 1. The molecule has 0 radical (unpaired) electrons. The fraction of sp³-hybridized carbons (Fsp3) is 0.438. The standard InChI is InChI=1S/C16H20N2O2/c19-16(20)8-10-18-9-4-3-7-15(18)14-11-12-5-1-2-6-13(12)17-14/h1-2,5-6,11,15,17H,3-4,7-10H2,(H,19,20). The van der Waals surface area contributed by atoms with Gasteiger partial charge in [-0.2, -0.15) is 0 Å². The van der Waals surface area contributed by atoms with E-state index in [1.54, 1.807) is 0 Å². The van der Waals surface area contributed by atoms with Crippen LogP contribution in [0.3, 0.4) is 0 Å². The SMILES string of the molecule is O=C(O)CCN1CCCCC1c1cc2ccccc2[nH]1. The highest BCUT2D eigenvalue weighted by molar-refractivity contribution is 5.80. The fourth-order valence-electron chi connectivity index (χ4n) is 3.13. The summed E-state index contributed by atoms with van der Waals surface area (Å²) in [6.45, 7) is 1.63. The van der Waals surface area contributed by atoms with Gasteiger partial charge in [0.1, 0.15) is 0 Å². The van der Waals surface area contributed by atoms with Crippen molar-refractivity contribution in [2.45, 2.75) is 31.7 Å². The molecule has 106 valence electrons. The van der Waals surface area contributed by atoms with Gasteiger partial charge in [0.2, 0.25) is 0 Å². The highest BCUT2D eigenvalue weighted by Gasteiger charge is 2.25. The molecule has 0 aliphatic carbocycles. The van der Waals surface area contributed by atoms with E-state index in [-0.39, 0.29) is 6.42 Å². The zero-order chi connectivity index (χ0) is 13.9. The normalized spacial score (nSPS) is 20.3. The van der Waals surface area contributed by atoms with Crippen LogP contribution < -0.4 is 0 Å². The van der Waals surface area contributed by atoms with Crippen molar-refractivity contribution in [3.63, 3.8) is 0 Å². The summed E-state index contributed by atoms with van der Waals surface area (Å²) in [4.78, 5) is 16.6. The van der Waals surface area contributed by atoms with Gasteiger partial charge >= 0.3 is 5.97 Å². The molecule has 0 amide bonds. The summed E-state index contributed by atoms with van der Waals surface area (Å²) < 4.78 is 0. The second-order valence-corrected chi connectivity index (χ2v) is 5.50. The lowest BCUT2D eigenvalue weighted by Gasteiger charge is -2.34. The summed E-state index contributed by atoms with van der Waals surface area (Å²) in [5, 5.41) is 10.1. The molecule has 2 heterocycles. The van der Waals surface area contributed by atoms with Crippen LogP contribution in [0.25, 0.3) is 10.9 Å². The third-order valence-electron chi connectivity index (χ3n) is 4.14. The topological polar surface area (TPSA) is 56.3 Å². The molecule has 1 aliphatic heterocycles. The van der Waals surface area contributed by atoms with E-state index in [4.69, 9.17) is 5.11 Å². The molecule has 1 unspecified atom stereocenters. The minimum atomic E-state index is -0.717. The zero-order valence-corrected chi connectivity index (χ0v) is 11.5. The Labute approximate surface area is 118 Å². The first-order chi connectivity index (χ1) is 9.74. The number of aliphatic carboxylic acids is 1. The molecule has 0 bridgehead atoms. The maximum absolute atomic E-state index is 10.8. The van der Waals surface area contributed by atoms with Gasteiger partial charge in [0.05, 0.1) is 6.42 Å². The average Bonchev–Trinajstić information content (AvgIpc) is 2.89. The van der Waals surface area contributed by atoms with E-state index >= 15 is 0 Å². The molecule has 0 spiro atoms. The van der Waals surface area contributed by atoms with Crippen LogP contribution in [0.4, 0.5) is 0 Å². The van der Waals surface area contributed by atoms with E-state index in [1.165, 1.54) is 17.5 Å². The molecule has 3 rings (SSSR count). The maximum atomic E-state index is 10.8. The second kappa shape index (κ2) is 5.67. The van der Waals surface area contributed by atoms with Crippen molar-refractivity contribution in [3.05, 3.63) is 36.0 Å². The van der Waals surface area contributed by atoms with E-state index in [9.17, 15) is 4.79 Å². The van der Waals surface area contributed by atoms with Gasteiger partial charge in [0.25, 0.3) is 0 Å². The van der Waals surface area contributed by atoms with Crippen LogP contribution >= 0.6 is 0 Å². The second-order valence-electron chi connectivity index (χ2n) is 5.50. The van der Waals surface area contributed by atoms with Gasteiger partial charge in [-0.25, -0.2) is 0 Å². The highest BCUT2D eigenvalue weighted by atomic mass is 16.4. The van der Waals surface area contributed by atoms with Crippen LogP contribution in [-0.2, 0) is 4.79 Å². The third-order valence-corrected chi connectivity index (χ3v) is 4.14. The first-order valence-electron chi connectivity index (χ1n) is 7.27. The number of carboxylic acid groups (broad SMARTS) is 1. The Morgan fingerprint density at radius 1 is 1.35 bits per heavy atom. The first-order valence-corrected chi connectivity index (χ1v) is 7.27. The Bertz CT molecular complexity index is 572. The average molecular weight is 272 g/mol. The van der Waals surface area contributed by atoms with Crippen LogP contribution in [0.15, 0.2) is 30.3 Å². The van der Waals surface area contributed by atoms with Gasteiger partial charge in [-0.15, -0.1) is 0 Å². The molecule has 2 aromatic rings. The predicted molar refractivity (Wildman–Crippen MR) is 78.7 cm³/mol. The molecule has 1 aliphatic rings. The van der Waals surface area contributed by atoms with Gasteiger partial charge in [-0.05, 0) is 36.9 Å². The maximum Gasteiger partial charge on any atom is 0.304 e. The minimum absolute atomic E-state index is 0.219. The Balaban J connectivity index is 1.83. The number of nitrogens with zero attached hydrogens (tertiary/aromatic N) is 1. The number of likely N-dealkylation sites (tertiary alicyclic amines) is 1. The van der Waals surface area contributed by atoms with Gasteiger partial charge < -0.3 is 10.1 Å². The van der Waals surface area contributed by atoms with Crippen LogP contribution in [0.1, 0.15) is 37.4 Å². The number of hydrogen-bond acceptors (Lipinski definition) is 2. The Morgan fingerprint density at radius 2 is 2.20 bits per heavy atom. The van der Waals surface area contributed by atoms with Crippen LogP contribution in [-0.4, -0.2) is 34.0 Å². The van der Waals surface area contributed by atoms with Gasteiger partial charge in [0.15, 0.2) is 0 Å². The largest absolute Gasteiger partial charge is 0.481 e. The number of fused-ring (bicyclic) bond motifs is 1. The van der Waals surface area contributed by atoms with Gasteiger partial charge in [-0.1, -0.05) is 24.6 Å². The van der Waals surface area contributed by atoms with E-state index in [2.05, 4.69) is 28.1 Å². The van der Waals surface area contributed by atoms with Gasteiger partial charge in [0, 0.05) is 23.8 Å². The van der Waals surface area contributed by atoms with Crippen molar-refractivity contribution in [3.8, 4) is 0 Å². The number of benzene rings is 1. The molecule has 1 fully saturated rings. The molecule has 1 aromatic carbocycles. The molecule has 0 saturated carbocycles. The summed E-state index contributed by atoms with van der Waals surface area (Å²) in [5.74, 6) is -0.717. The van der Waals surface area contributed by atoms with Crippen molar-refractivity contribution < 1.29 is 9.90 Å². The van der Waals surface area contributed by atoms with E-state index in [1.807, 2.05) is 12.1 Å². The Morgan fingerprint density at radius 3 is 3.00 bits per heavy atom. The lowest BCUT2D eigenvalue weighted by molar-refractivity contribution is -0.137. The number of carboxylic acids is 1. The van der Waals surface area contributed by atoms with Crippen molar-refractivity contribution in [2.75, 3.05) is 13.1 Å². The number of para-hydroxylation sites is 1. The van der Waals surface area contributed by atoms with E-state index < -0.39 is 5.97 Å². The lowest BCUT2D eigenvalue weighted by atomic mass is 9.99. The monoisotopic (exact) mass is 272 g/mol. The molecular formula is C16H20N2O2. The molecule has 1 atom stereocenters. The van der Waals surface area contributed by atoms with Crippen molar-refractivity contribution >= 4 is 16.9 Å². The van der Waals surface area contributed by atoms with Crippen molar-refractivity contribution in [1.29, 1.82) is 0 Å². The predicted octanol–water partition coefficient (Wildman–Crippen LogP) is 3.17. The molecule has 2 N–H and O–H groups in total. The summed E-state index contributed by atoms with van der Waals surface area (Å²) in [7, 11) is 0. The zero-order valence-electron chi connectivity index (χ0n) is 11.5. The van der Waals surface area contributed by atoms with Crippen molar-refractivity contribution in [1.82, 2.24) is 9.88 Å². The number of aromatic nitrogens is 1. The smallest absolute Gasteiger partial charge is 0.304 e. The fourth-order valence-corrected chi connectivity index (χ4v) is 3.13. The molecular weight excluding hydrogens is 252 g/mol. The van der Waals surface area contributed by atoms with Crippen LogP contribution in [0.2, 0.25) is 0 Å². The number of rotatable bonds is 4. The molecule has 4 heteroatoms. The van der Waals surface area contributed by atoms with Gasteiger partial charge in [-0.3, -0.25) is 9.69 Å². The first kappa shape index (κ1) is 13.2. The summed E-state index contributed by atoms with van der Waals surface area (Å²) in [6.07, 6.45) is 3.70. The van der Waals surface area contributed by atoms with Crippen LogP contribution in [0.5, 0.6) is 0 Å². The number of aromatic amines is 1. The Hall–Kier alpha value is -1.81. The van der Waals surface area contributed by atoms with Crippen LogP contribution in [0, 0.1) is 0 Å². The third kappa shape index (κ3) is 2.70. The lowest BCUT2D eigenvalue weighted by Crippen LogP contribution is -2.35. The minimum Gasteiger partial charge on any atom is -0.481 e. The van der Waals surface area contributed by atoms with Crippen molar-refractivity contribution in [2.24, 2.45) is 0 Å². The number of nitrogens with one attached hydrogen (secondary N) is 1.